The maximum absolute atomic E-state index is 9.58. The van der Waals surface area contributed by atoms with Crippen molar-refractivity contribution in [1.29, 1.82) is 0 Å². The van der Waals surface area contributed by atoms with E-state index in [4.69, 9.17) is 0 Å². The number of fused-ring (bicyclic) bond motifs is 1. The van der Waals surface area contributed by atoms with Gasteiger partial charge in [-0.15, -0.1) is 0 Å². The molecule has 17 heavy (non-hydrogen) atoms. The summed E-state index contributed by atoms with van der Waals surface area (Å²) in [6, 6.07) is 8.04. The molecule has 2 rings (SSSR count). The van der Waals surface area contributed by atoms with Crippen LogP contribution in [0.1, 0.15) is 12.7 Å². The Bertz CT molecular complexity index is 502. The number of imidazole rings is 1. The quantitative estimate of drug-likeness (QED) is 0.869. The third-order valence-electron chi connectivity index (χ3n) is 2.64. The Kier molecular flexibility index (Phi) is 3.45. The van der Waals surface area contributed by atoms with E-state index in [1.165, 1.54) is 0 Å². The largest absolute Gasteiger partial charge is 0.392 e. The maximum atomic E-state index is 9.58. The molecule has 0 aliphatic carbocycles. The van der Waals surface area contributed by atoms with Crippen LogP contribution in [0.25, 0.3) is 11.0 Å². The average Bonchev–Trinajstić information content (AvgIpc) is 2.55. The van der Waals surface area contributed by atoms with Crippen molar-refractivity contribution in [1.82, 2.24) is 14.5 Å². The lowest BCUT2D eigenvalue weighted by atomic mass is 10.3. The summed E-state index contributed by atoms with van der Waals surface area (Å²) < 4.78 is 2.10. The molecule has 1 aromatic heterocycles. The SMILES string of the molecule is C[C@H](O)Cn1c(CN(C)C)nc2ccccc21. The minimum atomic E-state index is -0.367. The molecule has 92 valence electrons. The Morgan fingerprint density at radius 2 is 2.06 bits per heavy atom. The fourth-order valence-corrected chi connectivity index (χ4v) is 2.00. The molecule has 0 aliphatic rings. The van der Waals surface area contributed by atoms with Crippen molar-refractivity contribution in [3.63, 3.8) is 0 Å². The first-order chi connectivity index (χ1) is 8.08. The average molecular weight is 233 g/mol. The van der Waals surface area contributed by atoms with Gasteiger partial charge >= 0.3 is 0 Å². The highest BCUT2D eigenvalue weighted by Gasteiger charge is 2.12. The van der Waals surface area contributed by atoms with E-state index in [0.717, 1.165) is 23.4 Å². The van der Waals surface area contributed by atoms with Crippen LogP contribution in [0.5, 0.6) is 0 Å². The van der Waals surface area contributed by atoms with Crippen molar-refractivity contribution >= 4 is 11.0 Å². The lowest BCUT2D eigenvalue weighted by Gasteiger charge is -2.14. The van der Waals surface area contributed by atoms with E-state index in [9.17, 15) is 5.11 Å². The highest BCUT2D eigenvalue weighted by atomic mass is 16.3. The highest BCUT2D eigenvalue weighted by Crippen LogP contribution is 2.17. The van der Waals surface area contributed by atoms with Crippen LogP contribution in [0, 0.1) is 0 Å². The van der Waals surface area contributed by atoms with Gasteiger partial charge < -0.3 is 14.6 Å². The smallest absolute Gasteiger partial charge is 0.124 e. The molecular formula is C13H19N3O. The van der Waals surface area contributed by atoms with Gasteiger partial charge in [0.05, 0.1) is 30.2 Å². The Labute approximate surface area is 101 Å². The van der Waals surface area contributed by atoms with E-state index in [0.29, 0.717) is 6.54 Å². The molecule has 0 unspecified atom stereocenters. The summed E-state index contributed by atoms with van der Waals surface area (Å²) in [6.07, 6.45) is -0.367. The van der Waals surface area contributed by atoms with Crippen LogP contribution in [0.2, 0.25) is 0 Å². The monoisotopic (exact) mass is 233 g/mol. The number of hydrogen-bond donors (Lipinski definition) is 1. The molecule has 0 saturated heterocycles. The third kappa shape index (κ3) is 2.65. The van der Waals surface area contributed by atoms with Gasteiger partial charge in [0.2, 0.25) is 0 Å². The number of aliphatic hydroxyl groups is 1. The van der Waals surface area contributed by atoms with Crippen molar-refractivity contribution in [2.24, 2.45) is 0 Å². The van der Waals surface area contributed by atoms with Crippen LogP contribution in [-0.2, 0) is 13.1 Å². The second-order valence-corrected chi connectivity index (χ2v) is 4.71. The fourth-order valence-electron chi connectivity index (χ4n) is 2.00. The summed E-state index contributed by atoms with van der Waals surface area (Å²) in [4.78, 5) is 6.70. The summed E-state index contributed by atoms with van der Waals surface area (Å²) in [5, 5.41) is 9.58. The number of aromatic nitrogens is 2. The molecule has 0 spiro atoms. The molecule has 0 aliphatic heterocycles. The van der Waals surface area contributed by atoms with Crippen LogP contribution >= 0.6 is 0 Å². The van der Waals surface area contributed by atoms with Crippen molar-refractivity contribution in [2.45, 2.75) is 26.1 Å². The van der Waals surface area contributed by atoms with Gasteiger partial charge in [-0.05, 0) is 33.2 Å². The van der Waals surface area contributed by atoms with Crippen molar-refractivity contribution in [3.05, 3.63) is 30.1 Å². The molecule has 0 bridgehead atoms. The highest BCUT2D eigenvalue weighted by molar-refractivity contribution is 5.75. The van der Waals surface area contributed by atoms with E-state index < -0.39 is 0 Å². The first kappa shape index (κ1) is 12.1. The number of hydrogen-bond acceptors (Lipinski definition) is 3. The molecular weight excluding hydrogens is 214 g/mol. The Hall–Kier alpha value is -1.39. The number of rotatable bonds is 4. The van der Waals surface area contributed by atoms with Gasteiger partial charge in [0.1, 0.15) is 5.82 Å². The number of para-hydroxylation sites is 2. The molecule has 0 amide bonds. The lowest BCUT2D eigenvalue weighted by molar-refractivity contribution is 0.172. The van der Waals surface area contributed by atoms with Gasteiger partial charge in [-0.2, -0.15) is 0 Å². The zero-order valence-corrected chi connectivity index (χ0v) is 10.6. The molecule has 0 fully saturated rings. The van der Waals surface area contributed by atoms with Gasteiger partial charge in [-0.25, -0.2) is 4.98 Å². The molecule has 2 aromatic rings. The van der Waals surface area contributed by atoms with Gasteiger partial charge in [0.25, 0.3) is 0 Å². The van der Waals surface area contributed by atoms with Crippen molar-refractivity contribution in [3.8, 4) is 0 Å². The fraction of sp³-hybridized carbons (Fsp3) is 0.462. The van der Waals surface area contributed by atoms with Crippen LogP contribution in [-0.4, -0.2) is 39.8 Å². The Morgan fingerprint density at radius 3 is 2.71 bits per heavy atom. The lowest BCUT2D eigenvalue weighted by Crippen LogP contribution is -2.19. The molecule has 0 radical (unpaired) electrons. The van der Waals surface area contributed by atoms with E-state index in [1.807, 2.05) is 38.4 Å². The zero-order chi connectivity index (χ0) is 12.4. The summed E-state index contributed by atoms with van der Waals surface area (Å²) >= 11 is 0. The van der Waals surface area contributed by atoms with E-state index in [-0.39, 0.29) is 6.10 Å². The molecule has 4 nitrogen and oxygen atoms in total. The van der Waals surface area contributed by atoms with Crippen LogP contribution in [0.3, 0.4) is 0 Å². The number of aliphatic hydroxyl groups excluding tert-OH is 1. The van der Waals surface area contributed by atoms with Gasteiger partial charge in [-0.1, -0.05) is 12.1 Å². The molecule has 1 N–H and O–H groups in total. The summed E-state index contributed by atoms with van der Waals surface area (Å²) in [5.74, 6) is 0.997. The van der Waals surface area contributed by atoms with Crippen molar-refractivity contribution < 1.29 is 5.11 Å². The molecule has 1 aromatic carbocycles. The zero-order valence-electron chi connectivity index (χ0n) is 10.6. The first-order valence-corrected chi connectivity index (χ1v) is 5.85. The molecule has 1 heterocycles. The van der Waals surface area contributed by atoms with Crippen molar-refractivity contribution in [2.75, 3.05) is 14.1 Å². The normalized spacial score (nSPS) is 13.5. The minimum Gasteiger partial charge on any atom is -0.392 e. The number of nitrogens with zero attached hydrogens (tertiary/aromatic N) is 3. The summed E-state index contributed by atoms with van der Waals surface area (Å²) in [7, 11) is 4.04. The van der Waals surface area contributed by atoms with Crippen LogP contribution < -0.4 is 0 Å². The van der Waals surface area contributed by atoms with Crippen LogP contribution in [0.15, 0.2) is 24.3 Å². The number of benzene rings is 1. The topological polar surface area (TPSA) is 41.3 Å². The molecule has 0 saturated carbocycles. The van der Waals surface area contributed by atoms with E-state index >= 15 is 0 Å². The Morgan fingerprint density at radius 1 is 1.35 bits per heavy atom. The van der Waals surface area contributed by atoms with Crippen LogP contribution in [0.4, 0.5) is 0 Å². The predicted molar refractivity (Wildman–Crippen MR) is 68.8 cm³/mol. The Balaban J connectivity index is 2.48. The minimum absolute atomic E-state index is 0.367. The standard InChI is InChI=1S/C13H19N3O/c1-10(17)8-16-12-7-5-4-6-11(12)14-13(16)9-15(2)3/h4-7,10,17H,8-9H2,1-3H3/t10-/m0/s1. The van der Waals surface area contributed by atoms with Gasteiger partial charge in [0, 0.05) is 0 Å². The van der Waals surface area contributed by atoms with E-state index in [2.05, 4.69) is 14.5 Å². The van der Waals surface area contributed by atoms with E-state index in [1.54, 1.807) is 6.92 Å². The molecule has 1 atom stereocenters. The third-order valence-corrected chi connectivity index (χ3v) is 2.64. The maximum Gasteiger partial charge on any atom is 0.124 e. The molecule has 4 heteroatoms. The summed E-state index contributed by atoms with van der Waals surface area (Å²) in [5.41, 5.74) is 2.08. The second kappa shape index (κ2) is 4.85. The predicted octanol–water partition coefficient (Wildman–Crippen LogP) is 1.48. The summed E-state index contributed by atoms with van der Waals surface area (Å²) in [6.45, 7) is 3.17. The van der Waals surface area contributed by atoms with Gasteiger partial charge in [-0.3, -0.25) is 0 Å². The first-order valence-electron chi connectivity index (χ1n) is 5.85. The second-order valence-electron chi connectivity index (χ2n) is 4.71. The van der Waals surface area contributed by atoms with Gasteiger partial charge in [0.15, 0.2) is 0 Å².